The predicted molar refractivity (Wildman–Crippen MR) is 84.5 cm³/mol. The lowest BCUT2D eigenvalue weighted by Crippen LogP contribution is -2.46. The molecule has 2 unspecified atom stereocenters. The summed E-state index contributed by atoms with van der Waals surface area (Å²) in [5, 5.41) is 2.16. The second-order valence-electron chi connectivity index (χ2n) is 6.06. The van der Waals surface area contributed by atoms with E-state index in [-0.39, 0.29) is 6.04 Å². The fourth-order valence-electron chi connectivity index (χ4n) is 3.46. The van der Waals surface area contributed by atoms with Crippen LogP contribution in [0.4, 0.5) is 0 Å². The molecule has 0 bridgehead atoms. The Morgan fingerprint density at radius 3 is 2.37 bits per heavy atom. The second kappa shape index (κ2) is 6.38. The molecule has 0 spiro atoms. The van der Waals surface area contributed by atoms with Crippen molar-refractivity contribution < 1.29 is 0 Å². The number of hydrogen-bond acceptors (Lipinski definition) is 3. The van der Waals surface area contributed by atoms with Gasteiger partial charge >= 0.3 is 0 Å². The Kier molecular flexibility index (Phi) is 5.04. The lowest BCUT2D eigenvalue weighted by Gasteiger charge is -2.44. The van der Waals surface area contributed by atoms with E-state index in [1.54, 1.807) is 0 Å². The van der Waals surface area contributed by atoms with Crippen molar-refractivity contribution in [1.82, 2.24) is 4.90 Å². The average Bonchev–Trinajstić information content (AvgIpc) is 2.93. The van der Waals surface area contributed by atoms with Crippen molar-refractivity contribution in [3.8, 4) is 0 Å². The molecule has 3 heteroatoms. The topological polar surface area (TPSA) is 29.3 Å². The predicted octanol–water partition coefficient (Wildman–Crippen LogP) is 4.04. The Balaban J connectivity index is 2.06. The smallest absolute Gasteiger partial charge is 0.0590 e. The van der Waals surface area contributed by atoms with Gasteiger partial charge in [0.25, 0.3) is 0 Å². The molecule has 0 saturated carbocycles. The monoisotopic (exact) mass is 280 g/mol. The van der Waals surface area contributed by atoms with Crippen LogP contribution in [0.15, 0.2) is 17.5 Å². The molecule has 1 fully saturated rings. The summed E-state index contributed by atoms with van der Waals surface area (Å²) in [5.41, 5.74) is 6.85. The molecule has 1 aliphatic rings. The zero-order valence-electron chi connectivity index (χ0n) is 12.6. The Morgan fingerprint density at radius 1 is 1.32 bits per heavy atom. The Labute approximate surface area is 122 Å². The summed E-state index contributed by atoms with van der Waals surface area (Å²) in [6.45, 7) is 9.24. The van der Waals surface area contributed by atoms with E-state index in [9.17, 15) is 0 Å². The molecule has 2 nitrogen and oxygen atoms in total. The highest BCUT2D eigenvalue weighted by molar-refractivity contribution is 7.10. The lowest BCUT2D eigenvalue weighted by atomic mass is 9.74. The average molecular weight is 280 g/mol. The highest BCUT2D eigenvalue weighted by Crippen LogP contribution is 2.41. The summed E-state index contributed by atoms with van der Waals surface area (Å²) in [4.78, 5) is 4.04. The summed E-state index contributed by atoms with van der Waals surface area (Å²) in [6.07, 6.45) is 5.29. The zero-order valence-corrected chi connectivity index (χ0v) is 13.4. The number of nitrogens with two attached hydrogens (primary N) is 1. The van der Waals surface area contributed by atoms with Crippen molar-refractivity contribution in [2.45, 2.75) is 58.5 Å². The number of thiophene rings is 1. The SMILES string of the molecule is CCC1(CC)CCN(C(c2cccs2)C(C)N)CC1. The van der Waals surface area contributed by atoms with E-state index in [2.05, 4.69) is 43.2 Å². The second-order valence-corrected chi connectivity index (χ2v) is 7.04. The van der Waals surface area contributed by atoms with Crippen LogP contribution in [0.25, 0.3) is 0 Å². The summed E-state index contributed by atoms with van der Waals surface area (Å²) in [7, 11) is 0. The molecule has 1 saturated heterocycles. The van der Waals surface area contributed by atoms with Crippen LogP contribution < -0.4 is 5.73 Å². The first kappa shape index (κ1) is 15.0. The minimum atomic E-state index is 0.203. The van der Waals surface area contributed by atoms with Gasteiger partial charge in [-0.25, -0.2) is 0 Å². The number of hydrogen-bond donors (Lipinski definition) is 1. The first-order valence-electron chi connectivity index (χ1n) is 7.65. The van der Waals surface area contributed by atoms with Crippen LogP contribution in [0.1, 0.15) is 57.4 Å². The number of nitrogens with zero attached hydrogens (tertiary/aromatic N) is 1. The molecular weight excluding hydrogens is 252 g/mol. The Morgan fingerprint density at radius 2 is 1.95 bits per heavy atom. The van der Waals surface area contributed by atoms with Crippen molar-refractivity contribution in [3.63, 3.8) is 0 Å². The van der Waals surface area contributed by atoms with Gasteiger partial charge in [-0.15, -0.1) is 11.3 Å². The molecule has 0 aliphatic carbocycles. The standard InChI is InChI=1S/C16H28N2S/c1-4-16(5-2)8-10-18(11-9-16)15(13(3)17)14-7-6-12-19-14/h6-7,12-13,15H,4-5,8-11,17H2,1-3H3. The van der Waals surface area contributed by atoms with Gasteiger partial charge in [0.2, 0.25) is 0 Å². The lowest BCUT2D eigenvalue weighted by molar-refractivity contribution is 0.0599. The van der Waals surface area contributed by atoms with Crippen LogP contribution >= 0.6 is 11.3 Å². The Bertz CT molecular complexity index is 358. The third-order valence-corrected chi connectivity index (χ3v) is 6.03. The summed E-state index contributed by atoms with van der Waals surface area (Å²) in [5.74, 6) is 0. The molecule has 0 aromatic carbocycles. The maximum atomic E-state index is 6.26. The minimum Gasteiger partial charge on any atom is -0.326 e. The van der Waals surface area contributed by atoms with Crippen molar-refractivity contribution in [1.29, 1.82) is 0 Å². The zero-order chi connectivity index (χ0) is 13.9. The molecule has 1 aliphatic heterocycles. The van der Waals surface area contributed by atoms with E-state index in [4.69, 9.17) is 5.73 Å². The van der Waals surface area contributed by atoms with E-state index < -0.39 is 0 Å². The largest absolute Gasteiger partial charge is 0.326 e. The normalized spacial score (nSPS) is 23.2. The van der Waals surface area contributed by atoms with Gasteiger partial charge in [0.1, 0.15) is 0 Å². The first-order valence-corrected chi connectivity index (χ1v) is 8.53. The quantitative estimate of drug-likeness (QED) is 0.882. The molecule has 2 N–H and O–H groups in total. The fourth-order valence-corrected chi connectivity index (χ4v) is 4.44. The molecule has 1 aromatic heterocycles. The number of piperidine rings is 1. The summed E-state index contributed by atoms with van der Waals surface area (Å²) in [6, 6.07) is 4.99. The highest BCUT2D eigenvalue weighted by atomic mass is 32.1. The van der Waals surface area contributed by atoms with Gasteiger partial charge in [-0.2, -0.15) is 0 Å². The van der Waals surface area contributed by atoms with Crippen molar-refractivity contribution >= 4 is 11.3 Å². The van der Waals surface area contributed by atoms with Crippen LogP contribution in [0.3, 0.4) is 0 Å². The third kappa shape index (κ3) is 3.21. The number of rotatable bonds is 5. The van der Waals surface area contributed by atoms with Crippen LogP contribution in [0.5, 0.6) is 0 Å². The van der Waals surface area contributed by atoms with Gasteiger partial charge < -0.3 is 5.73 Å². The van der Waals surface area contributed by atoms with Crippen LogP contribution in [-0.4, -0.2) is 24.0 Å². The highest BCUT2D eigenvalue weighted by Gasteiger charge is 2.35. The summed E-state index contributed by atoms with van der Waals surface area (Å²) < 4.78 is 0. The van der Waals surface area contributed by atoms with Crippen molar-refractivity contribution in [2.24, 2.45) is 11.1 Å². The van der Waals surface area contributed by atoms with Gasteiger partial charge in [0, 0.05) is 10.9 Å². The van der Waals surface area contributed by atoms with Gasteiger partial charge in [0.15, 0.2) is 0 Å². The third-order valence-electron chi connectivity index (χ3n) is 5.08. The Hall–Kier alpha value is -0.380. The van der Waals surface area contributed by atoms with E-state index in [0.29, 0.717) is 11.5 Å². The van der Waals surface area contributed by atoms with Crippen LogP contribution in [-0.2, 0) is 0 Å². The molecule has 2 atom stereocenters. The number of likely N-dealkylation sites (tertiary alicyclic amines) is 1. The molecule has 1 aromatic rings. The minimum absolute atomic E-state index is 0.203. The van der Waals surface area contributed by atoms with Crippen LogP contribution in [0.2, 0.25) is 0 Å². The van der Waals surface area contributed by atoms with Gasteiger partial charge in [-0.05, 0) is 49.7 Å². The maximum Gasteiger partial charge on any atom is 0.0590 e. The fraction of sp³-hybridized carbons (Fsp3) is 0.750. The van der Waals surface area contributed by atoms with Gasteiger partial charge in [-0.3, -0.25) is 4.90 Å². The molecule has 2 heterocycles. The first-order chi connectivity index (χ1) is 9.12. The summed E-state index contributed by atoms with van der Waals surface area (Å²) >= 11 is 1.84. The van der Waals surface area contributed by atoms with Crippen molar-refractivity contribution in [3.05, 3.63) is 22.4 Å². The van der Waals surface area contributed by atoms with E-state index in [0.717, 1.165) is 0 Å². The molecule has 108 valence electrons. The van der Waals surface area contributed by atoms with Gasteiger partial charge in [-0.1, -0.05) is 32.8 Å². The molecule has 19 heavy (non-hydrogen) atoms. The molecular formula is C16H28N2S. The van der Waals surface area contributed by atoms with E-state index >= 15 is 0 Å². The van der Waals surface area contributed by atoms with Crippen LogP contribution in [0, 0.1) is 5.41 Å². The maximum absolute atomic E-state index is 6.26. The molecule has 0 amide bonds. The molecule has 0 radical (unpaired) electrons. The van der Waals surface area contributed by atoms with Gasteiger partial charge in [0.05, 0.1) is 6.04 Å². The van der Waals surface area contributed by atoms with Crippen molar-refractivity contribution in [2.75, 3.05) is 13.1 Å². The van der Waals surface area contributed by atoms with E-state index in [1.807, 2.05) is 11.3 Å². The van der Waals surface area contributed by atoms with E-state index in [1.165, 1.54) is 43.6 Å². The molecule has 2 rings (SSSR count).